The zero-order valence-electron chi connectivity index (χ0n) is 20.4. The van der Waals surface area contributed by atoms with Gasteiger partial charge in [0, 0.05) is 36.8 Å². The van der Waals surface area contributed by atoms with Crippen molar-refractivity contribution < 1.29 is 19.4 Å². The van der Waals surface area contributed by atoms with Crippen LogP contribution < -0.4 is 0 Å². The molecule has 2 aliphatic rings. The number of rotatable bonds is 6. The Morgan fingerprint density at radius 1 is 1.14 bits per heavy atom. The molecule has 0 radical (unpaired) electrons. The molecule has 8 nitrogen and oxygen atoms in total. The number of aliphatic hydroxyl groups excluding tert-OH is 1. The van der Waals surface area contributed by atoms with Crippen molar-refractivity contribution >= 4 is 39.0 Å². The number of carbonyl (C=O) groups excluding carboxylic acids is 2. The lowest BCUT2D eigenvalue weighted by Gasteiger charge is -2.29. The van der Waals surface area contributed by atoms with Gasteiger partial charge < -0.3 is 19.1 Å². The predicted octanol–water partition coefficient (Wildman–Crippen LogP) is 3.86. The van der Waals surface area contributed by atoms with Crippen LogP contribution in [0.1, 0.15) is 35.0 Å². The average Bonchev–Trinajstić information content (AvgIpc) is 3.34. The predicted molar refractivity (Wildman–Crippen MR) is 140 cm³/mol. The van der Waals surface area contributed by atoms with Gasteiger partial charge in [0.15, 0.2) is 5.76 Å². The van der Waals surface area contributed by atoms with Gasteiger partial charge in [-0.1, -0.05) is 34.1 Å². The first-order chi connectivity index (χ1) is 17.4. The van der Waals surface area contributed by atoms with Gasteiger partial charge in [-0.25, -0.2) is 4.98 Å². The molecule has 0 spiro atoms. The number of amides is 1. The van der Waals surface area contributed by atoms with Crippen molar-refractivity contribution in [2.24, 2.45) is 0 Å². The average molecular weight is 553 g/mol. The fourth-order valence-electron chi connectivity index (χ4n) is 5.10. The zero-order chi connectivity index (χ0) is 25.4. The van der Waals surface area contributed by atoms with Gasteiger partial charge in [0.25, 0.3) is 11.7 Å². The Morgan fingerprint density at radius 2 is 1.92 bits per heavy atom. The minimum Gasteiger partial charge on any atom is -0.505 e. The summed E-state index contributed by atoms with van der Waals surface area (Å²) in [6.45, 7) is 8.14. The highest BCUT2D eigenvalue weighted by Crippen LogP contribution is 2.40. The monoisotopic (exact) mass is 552 g/mol. The lowest BCUT2D eigenvalue weighted by molar-refractivity contribution is -0.140. The number of pyridine rings is 1. The van der Waals surface area contributed by atoms with Crippen LogP contribution in [0.15, 0.2) is 52.6 Å². The van der Waals surface area contributed by atoms with Crippen LogP contribution >= 0.6 is 15.9 Å². The van der Waals surface area contributed by atoms with Crippen LogP contribution in [-0.4, -0.2) is 75.4 Å². The van der Waals surface area contributed by atoms with Crippen LogP contribution in [0.4, 0.5) is 0 Å². The second-order valence-electron chi connectivity index (χ2n) is 9.29. The van der Waals surface area contributed by atoms with Crippen LogP contribution in [-0.2, 0) is 14.3 Å². The highest BCUT2D eigenvalue weighted by molar-refractivity contribution is 9.10. The molecule has 0 saturated carbocycles. The van der Waals surface area contributed by atoms with Crippen molar-refractivity contribution in [2.45, 2.75) is 26.3 Å². The molecular weight excluding hydrogens is 524 g/mol. The molecule has 36 heavy (non-hydrogen) atoms. The Morgan fingerprint density at radius 3 is 2.64 bits per heavy atom. The zero-order valence-corrected chi connectivity index (χ0v) is 22.0. The van der Waals surface area contributed by atoms with Gasteiger partial charge in [-0.15, -0.1) is 0 Å². The maximum Gasteiger partial charge on any atom is 0.295 e. The van der Waals surface area contributed by atoms with Gasteiger partial charge in [-0.3, -0.25) is 14.5 Å². The summed E-state index contributed by atoms with van der Waals surface area (Å²) in [5.74, 6) is -1.52. The van der Waals surface area contributed by atoms with Gasteiger partial charge in [0.1, 0.15) is 11.3 Å². The molecule has 188 valence electrons. The Hall–Kier alpha value is -3.01. The van der Waals surface area contributed by atoms with Crippen molar-refractivity contribution in [2.75, 3.05) is 39.4 Å². The summed E-state index contributed by atoms with van der Waals surface area (Å²) in [7, 11) is 0. The fraction of sp³-hybridized carbons (Fsp3) is 0.370. The van der Waals surface area contributed by atoms with Crippen LogP contribution in [0.2, 0.25) is 0 Å². The number of likely N-dealkylation sites (tertiary alicyclic amines) is 1. The maximum atomic E-state index is 13.4. The summed E-state index contributed by atoms with van der Waals surface area (Å²) in [6.07, 6.45) is 2.58. The summed E-state index contributed by atoms with van der Waals surface area (Å²) >= 11 is 3.51. The molecule has 2 aliphatic heterocycles. The smallest absolute Gasteiger partial charge is 0.295 e. The first-order valence-corrected chi connectivity index (χ1v) is 12.9. The second kappa shape index (κ2) is 10.2. The Balaban J connectivity index is 1.55. The van der Waals surface area contributed by atoms with Crippen LogP contribution in [0.25, 0.3) is 11.4 Å². The largest absolute Gasteiger partial charge is 0.505 e. The Bertz CT molecular complexity index is 1360. The van der Waals surface area contributed by atoms with E-state index in [9.17, 15) is 14.7 Å². The quantitative estimate of drug-likeness (QED) is 0.284. The molecule has 2 saturated heterocycles. The number of benzene rings is 1. The SMILES string of the molecule is Cc1cccn2c(C)c(C(O)=C3C(=O)C(=O)N(CCCN4CCOCC4)C3c3cccc(Br)c3)nc12. The van der Waals surface area contributed by atoms with E-state index in [0.29, 0.717) is 43.2 Å². The molecule has 2 fully saturated rings. The highest BCUT2D eigenvalue weighted by Gasteiger charge is 2.46. The third kappa shape index (κ3) is 4.47. The topological polar surface area (TPSA) is 87.4 Å². The number of Topliss-reactive ketones (excluding diaryl/α,β-unsaturated/α-hetero) is 1. The number of morpholine rings is 1. The summed E-state index contributed by atoms with van der Waals surface area (Å²) in [5, 5.41) is 11.5. The van der Waals surface area contributed by atoms with E-state index in [4.69, 9.17) is 4.74 Å². The number of ether oxygens (including phenoxy) is 1. The van der Waals surface area contributed by atoms with Crippen LogP contribution in [0.3, 0.4) is 0 Å². The summed E-state index contributed by atoms with van der Waals surface area (Å²) in [6, 6.07) is 10.7. The molecule has 9 heteroatoms. The number of aromatic nitrogens is 2. The third-order valence-corrected chi connectivity index (χ3v) is 7.48. The van der Waals surface area contributed by atoms with E-state index in [1.165, 1.54) is 0 Å². The molecule has 3 aromatic rings. The van der Waals surface area contributed by atoms with E-state index in [1.54, 1.807) is 4.90 Å². The molecular formula is C27H29BrN4O4. The number of hydrogen-bond donors (Lipinski definition) is 1. The van der Waals surface area contributed by atoms with Crippen molar-refractivity contribution in [3.05, 3.63) is 75.2 Å². The minimum absolute atomic E-state index is 0.0774. The van der Waals surface area contributed by atoms with E-state index in [0.717, 1.165) is 35.2 Å². The number of ketones is 1. The number of carbonyl (C=O) groups is 2. The lowest BCUT2D eigenvalue weighted by Crippen LogP contribution is -2.38. The number of halogens is 1. The van der Waals surface area contributed by atoms with Gasteiger partial charge in [-0.05, 0) is 49.6 Å². The van der Waals surface area contributed by atoms with Gasteiger partial charge >= 0.3 is 0 Å². The van der Waals surface area contributed by atoms with E-state index in [2.05, 4.69) is 25.8 Å². The Kier molecular flexibility index (Phi) is 6.96. The van der Waals surface area contributed by atoms with Crippen molar-refractivity contribution in [3.8, 4) is 0 Å². The molecule has 1 atom stereocenters. The summed E-state index contributed by atoms with van der Waals surface area (Å²) in [4.78, 5) is 35.2. The van der Waals surface area contributed by atoms with Gasteiger partial charge in [0.05, 0.1) is 30.5 Å². The number of aliphatic hydroxyl groups is 1. The number of nitrogens with zero attached hydrogens (tertiary/aromatic N) is 4. The van der Waals surface area contributed by atoms with E-state index >= 15 is 0 Å². The van der Waals surface area contributed by atoms with Gasteiger partial charge in [-0.2, -0.15) is 0 Å². The minimum atomic E-state index is -0.697. The molecule has 0 aliphatic carbocycles. The number of imidazole rings is 1. The highest BCUT2D eigenvalue weighted by atomic mass is 79.9. The fourth-order valence-corrected chi connectivity index (χ4v) is 5.51. The number of fused-ring (bicyclic) bond motifs is 1. The normalized spacial score (nSPS) is 20.5. The molecule has 2 aromatic heterocycles. The molecule has 0 bridgehead atoms. The standard InChI is InChI=1S/C27H29BrN4O4/c1-17-6-4-10-31-18(2)22(29-26(17)31)24(33)21-23(19-7-3-8-20(28)16-19)32(27(35)25(21)34)11-5-9-30-12-14-36-15-13-30/h3-4,6-8,10,16,23,33H,5,9,11-15H2,1-2H3. The molecule has 5 rings (SSSR count). The molecule has 1 aromatic carbocycles. The molecule has 1 unspecified atom stereocenters. The van der Waals surface area contributed by atoms with Crippen molar-refractivity contribution in [3.63, 3.8) is 0 Å². The van der Waals surface area contributed by atoms with E-state index in [1.807, 2.05) is 60.8 Å². The van der Waals surface area contributed by atoms with Crippen molar-refractivity contribution in [1.82, 2.24) is 19.2 Å². The molecule has 1 N–H and O–H groups in total. The number of aryl methyl sites for hydroxylation is 2. The maximum absolute atomic E-state index is 13.4. The third-order valence-electron chi connectivity index (χ3n) is 6.99. The van der Waals surface area contributed by atoms with E-state index in [-0.39, 0.29) is 11.3 Å². The van der Waals surface area contributed by atoms with Crippen LogP contribution in [0, 0.1) is 13.8 Å². The second-order valence-corrected chi connectivity index (χ2v) is 10.2. The van der Waals surface area contributed by atoms with Crippen molar-refractivity contribution in [1.29, 1.82) is 0 Å². The first kappa shape index (κ1) is 24.7. The van der Waals surface area contributed by atoms with E-state index < -0.39 is 17.7 Å². The summed E-state index contributed by atoms with van der Waals surface area (Å²) < 4.78 is 8.14. The number of hydrogen-bond acceptors (Lipinski definition) is 6. The molecule has 1 amide bonds. The van der Waals surface area contributed by atoms with Crippen LogP contribution in [0.5, 0.6) is 0 Å². The summed E-state index contributed by atoms with van der Waals surface area (Å²) in [5.41, 5.74) is 3.51. The molecule has 4 heterocycles. The lowest BCUT2D eigenvalue weighted by atomic mass is 9.96. The van der Waals surface area contributed by atoms with Gasteiger partial charge in [0.2, 0.25) is 0 Å². The Labute approximate surface area is 218 Å². The first-order valence-electron chi connectivity index (χ1n) is 12.2.